The molecule has 2 heterocycles. The van der Waals surface area contributed by atoms with E-state index in [1.165, 1.54) is 0 Å². The van der Waals surface area contributed by atoms with Crippen LogP contribution in [0.2, 0.25) is 25.7 Å². The third-order valence-corrected chi connectivity index (χ3v) is 4.80. The number of hydrogen-bond donors (Lipinski definition) is 1. The van der Waals surface area contributed by atoms with Gasteiger partial charge in [-0.15, -0.1) is 0 Å². The first-order valence-electron chi connectivity index (χ1n) is 6.51. The van der Waals surface area contributed by atoms with E-state index in [2.05, 4.69) is 29.9 Å². The molecular formula is C12H22N4O2Si. The number of nitrogens with one attached hydrogen (secondary N) is 1. The Kier molecular flexibility index (Phi) is 3.95. The van der Waals surface area contributed by atoms with Crippen molar-refractivity contribution in [2.75, 3.05) is 25.2 Å². The standard InChI is InChI=1S/C12H22N4O2Si/c1-15-7-14-12(17)10-11(15)13-8-16(10)9-18-5-6-19(2,3)4/h8H,5-7,9H2,1-4H3,(H,14,17). The zero-order chi connectivity index (χ0) is 14.0. The van der Waals surface area contributed by atoms with E-state index in [1.54, 1.807) is 10.9 Å². The molecule has 1 aromatic rings. The molecule has 1 N–H and O–H groups in total. The molecule has 1 aliphatic heterocycles. The number of imidazole rings is 1. The minimum atomic E-state index is -1.07. The number of rotatable bonds is 5. The molecule has 106 valence electrons. The summed E-state index contributed by atoms with van der Waals surface area (Å²) >= 11 is 0. The number of aromatic nitrogens is 2. The summed E-state index contributed by atoms with van der Waals surface area (Å²) in [5.41, 5.74) is 0.585. The molecule has 0 unspecified atom stereocenters. The van der Waals surface area contributed by atoms with Crippen LogP contribution in [-0.2, 0) is 11.5 Å². The van der Waals surface area contributed by atoms with E-state index >= 15 is 0 Å². The summed E-state index contributed by atoms with van der Waals surface area (Å²) in [6.07, 6.45) is 1.67. The second-order valence-electron chi connectivity index (χ2n) is 6.10. The van der Waals surface area contributed by atoms with Crippen LogP contribution < -0.4 is 10.2 Å². The highest BCUT2D eigenvalue weighted by Gasteiger charge is 2.25. The quantitative estimate of drug-likeness (QED) is 0.654. The van der Waals surface area contributed by atoms with Crippen LogP contribution in [0.15, 0.2) is 6.33 Å². The molecule has 1 aliphatic rings. The molecule has 1 amide bonds. The lowest BCUT2D eigenvalue weighted by Gasteiger charge is -2.24. The summed E-state index contributed by atoms with van der Waals surface area (Å²) in [5.74, 6) is 0.636. The van der Waals surface area contributed by atoms with Crippen molar-refractivity contribution in [1.82, 2.24) is 14.9 Å². The molecule has 0 spiro atoms. The fourth-order valence-corrected chi connectivity index (χ4v) is 2.63. The van der Waals surface area contributed by atoms with Gasteiger partial charge in [-0.25, -0.2) is 4.98 Å². The fraction of sp³-hybridized carbons (Fsp3) is 0.667. The number of amides is 1. The molecule has 0 saturated carbocycles. The molecule has 1 aromatic heterocycles. The monoisotopic (exact) mass is 282 g/mol. The van der Waals surface area contributed by atoms with Gasteiger partial charge in [-0.3, -0.25) is 4.79 Å². The van der Waals surface area contributed by atoms with Gasteiger partial charge in [-0.1, -0.05) is 19.6 Å². The van der Waals surface area contributed by atoms with Gasteiger partial charge in [0.15, 0.2) is 11.5 Å². The van der Waals surface area contributed by atoms with Gasteiger partial charge in [0.25, 0.3) is 5.91 Å². The van der Waals surface area contributed by atoms with Crippen LogP contribution in [0.25, 0.3) is 0 Å². The largest absolute Gasteiger partial charge is 0.361 e. The van der Waals surface area contributed by atoms with Gasteiger partial charge in [0.1, 0.15) is 6.73 Å². The zero-order valence-electron chi connectivity index (χ0n) is 12.1. The third-order valence-electron chi connectivity index (χ3n) is 3.10. The number of carbonyl (C=O) groups is 1. The predicted molar refractivity (Wildman–Crippen MR) is 77.1 cm³/mol. The summed E-state index contributed by atoms with van der Waals surface area (Å²) in [7, 11) is 0.835. The van der Waals surface area contributed by atoms with Crippen molar-refractivity contribution < 1.29 is 9.53 Å². The van der Waals surface area contributed by atoms with Crippen LogP contribution in [0.4, 0.5) is 5.82 Å². The summed E-state index contributed by atoms with van der Waals surface area (Å²) < 4.78 is 7.43. The molecular weight excluding hydrogens is 260 g/mol. The van der Waals surface area contributed by atoms with Gasteiger partial charge < -0.3 is 19.5 Å². The van der Waals surface area contributed by atoms with E-state index < -0.39 is 8.07 Å². The van der Waals surface area contributed by atoms with E-state index in [0.29, 0.717) is 19.1 Å². The molecule has 0 atom stereocenters. The number of nitrogens with zero attached hydrogens (tertiary/aromatic N) is 3. The van der Waals surface area contributed by atoms with Crippen molar-refractivity contribution in [1.29, 1.82) is 0 Å². The average molecular weight is 282 g/mol. The van der Waals surface area contributed by atoms with Crippen molar-refractivity contribution in [3.05, 3.63) is 12.0 Å². The number of carbonyl (C=O) groups excluding carboxylic acids is 1. The van der Waals surface area contributed by atoms with Crippen molar-refractivity contribution in [3.8, 4) is 0 Å². The number of hydrogen-bond acceptors (Lipinski definition) is 4. The predicted octanol–water partition coefficient (Wildman–Crippen LogP) is 1.33. The fourth-order valence-electron chi connectivity index (χ4n) is 1.87. The smallest absolute Gasteiger partial charge is 0.273 e. The minimum absolute atomic E-state index is 0.0839. The van der Waals surface area contributed by atoms with E-state index in [-0.39, 0.29) is 5.91 Å². The Balaban J connectivity index is 1.97. The normalized spacial score (nSPS) is 15.4. The zero-order valence-corrected chi connectivity index (χ0v) is 13.1. The first kappa shape index (κ1) is 14.1. The highest BCUT2D eigenvalue weighted by Crippen LogP contribution is 2.20. The first-order chi connectivity index (χ1) is 8.88. The second kappa shape index (κ2) is 5.34. The highest BCUT2D eigenvalue weighted by atomic mass is 28.3. The van der Waals surface area contributed by atoms with Gasteiger partial charge in [0.2, 0.25) is 0 Å². The average Bonchev–Trinajstić information content (AvgIpc) is 2.73. The molecule has 0 bridgehead atoms. The lowest BCUT2D eigenvalue weighted by molar-refractivity contribution is 0.0786. The number of fused-ring (bicyclic) bond motifs is 1. The van der Waals surface area contributed by atoms with Crippen LogP contribution in [0, 0.1) is 0 Å². The van der Waals surface area contributed by atoms with Crippen molar-refractivity contribution in [2.24, 2.45) is 0 Å². The summed E-state index contributed by atoms with van der Waals surface area (Å²) in [6.45, 7) is 8.57. The van der Waals surface area contributed by atoms with E-state index in [1.807, 2.05) is 11.9 Å². The van der Waals surface area contributed by atoms with Crippen LogP contribution >= 0.6 is 0 Å². The molecule has 0 aliphatic carbocycles. The highest BCUT2D eigenvalue weighted by molar-refractivity contribution is 6.76. The third kappa shape index (κ3) is 3.36. The van der Waals surface area contributed by atoms with Crippen LogP contribution in [0.1, 0.15) is 10.5 Å². The summed E-state index contributed by atoms with van der Waals surface area (Å²) in [6, 6.07) is 1.12. The molecule has 0 radical (unpaired) electrons. The Hall–Kier alpha value is -1.34. The topological polar surface area (TPSA) is 59.4 Å². The first-order valence-corrected chi connectivity index (χ1v) is 10.2. The Morgan fingerprint density at radius 2 is 2.21 bits per heavy atom. The van der Waals surface area contributed by atoms with E-state index in [9.17, 15) is 4.79 Å². The van der Waals surface area contributed by atoms with Crippen molar-refractivity contribution in [2.45, 2.75) is 32.4 Å². The van der Waals surface area contributed by atoms with E-state index in [4.69, 9.17) is 4.74 Å². The molecule has 6 nitrogen and oxygen atoms in total. The minimum Gasteiger partial charge on any atom is -0.361 e. The number of ether oxygens (including phenoxy) is 1. The number of anilines is 1. The second-order valence-corrected chi connectivity index (χ2v) is 11.7. The maximum atomic E-state index is 11.9. The van der Waals surface area contributed by atoms with E-state index in [0.717, 1.165) is 18.5 Å². The molecule has 2 rings (SSSR count). The Labute approximate surface area is 114 Å². The molecule has 0 fully saturated rings. The SMILES string of the molecule is CN1CNC(=O)c2c1ncn2COCC[Si](C)(C)C. The molecule has 0 saturated heterocycles. The van der Waals surface area contributed by atoms with Gasteiger partial charge >= 0.3 is 0 Å². The maximum Gasteiger partial charge on any atom is 0.273 e. The summed E-state index contributed by atoms with van der Waals surface area (Å²) in [5, 5.41) is 2.81. The lowest BCUT2D eigenvalue weighted by atomic mass is 10.3. The van der Waals surface area contributed by atoms with Gasteiger partial charge in [-0.05, 0) is 6.04 Å². The van der Waals surface area contributed by atoms with Crippen molar-refractivity contribution in [3.63, 3.8) is 0 Å². The summed E-state index contributed by atoms with van der Waals surface area (Å²) in [4.78, 5) is 18.0. The van der Waals surface area contributed by atoms with Crippen molar-refractivity contribution >= 4 is 19.8 Å². The van der Waals surface area contributed by atoms with Crippen LogP contribution in [0.5, 0.6) is 0 Å². The Morgan fingerprint density at radius 1 is 1.47 bits per heavy atom. The van der Waals surface area contributed by atoms with Gasteiger partial charge in [0.05, 0.1) is 13.0 Å². The lowest BCUT2D eigenvalue weighted by Crippen LogP contribution is -2.42. The molecule has 19 heavy (non-hydrogen) atoms. The van der Waals surface area contributed by atoms with Gasteiger partial charge in [-0.2, -0.15) is 0 Å². The Morgan fingerprint density at radius 3 is 2.89 bits per heavy atom. The maximum absolute atomic E-state index is 11.9. The molecule has 7 heteroatoms. The Bertz CT molecular complexity index is 467. The van der Waals surface area contributed by atoms with Crippen LogP contribution in [0.3, 0.4) is 0 Å². The van der Waals surface area contributed by atoms with Gasteiger partial charge in [0, 0.05) is 21.7 Å². The molecule has 0 aromatic carbocycles. The van der Waals surface area contributed by atoms with Crippen LogP contribution in [-0.4, -0.2) is 43.9 Å².